The Labute approximate surface area is 164 Å². The molecule has 0 heterocycles. The predicted octanol–water partition coefficient (Wildman–Crippen LogP) is 3.10. The number of oxime groups is 1. The van der Waals surface area contributed by atoms with Gasteiger partial charge in [-0.1, -0.05) is 5.16 Å². The van der Waals surface area contributed by atoms with Crippen molar-refractivity contribution in [1.82, 2.24) is 0 Å². The van der Waals surface area contributed by atoms with E-state index in [9.17, 15) is 4.79 Å². The Hall–Kier alpha value is -3.42. The van der Waals surface area contributed by atoms with Gasteiger partial charge in [0, 0.05) is 29.4 Å². The lowest BCUT2D eigenvalue weighted by atomic mass is 10.2. The van der Waals surface area contributed by atoms with Crippen LogP contribution in [0.5, 0.6) is 23.0 Å². The molecule has 0 atom stereocenters. The normalized spacial score (nSPS) is 10.4. The number of methoxy groups -OCH3 is 3. The van der Waals surface area contributed by atoms with Gasteiger partial charge in [0.15, 0.2) is 18.1 Å². The molecule has 2 aromatic carbocycles. The van der Waals surface area contributed by atoms with E-state index < -0.39 is 0 Å². The van der Waals surface area contributed by atoms with Crippen molar-refractivity contribution in [3.63, 3.8) is 0 Å². The second kappa shape index (κ2) is 10.7. The van der Waals surface area contributed by atoms with Crippen LogP contribution in [0.3, 0.4) is 0 Å². The van der Waals surface area contributed by atoms with Crippen molar-refractivity contribution in [3.05, 3.63) is 42.0 Å². The van der Waals surface area contributed by atoms with Crippen LogP contribution in [-0.4, -0.2) is 46.7 Å². The number of hydrogen-bond donors (Lipinski definition) is 1. The van der Waals surface area contributed by atoms with Crippen LogP contribution in [-0.2, 0) is 9.63 Å². The molecule has 1 N–H and O–H groups in total. The summed E-state index contributed by atoms with van der Waals surface area (Å²) in [6.07, 6.45) is 1.49. The summed E-state index contributed by atoms with van der Waals surface area (Å²) >= 11 is 0. The van der Waals surface area contributed by atoms with Crippen LogP contribution in [0.25, 0.3) is 0 Å². The maximum Gasteiger partial charge on any atom is 0.265 e. The highest BCUT2D eigenvalue weighted by atomic mass is 16.6. The van der Waals surface area contributed by atoms with Crippen LogP contribution in [0.1, 0.15) is 12.5 Å². The van der Waals surface area contributed by atoms with Crippen LogP contribution < -0.4 is 24.3 Å². The van der Waals surface area contributed by atoms with Crippen LogP contribution in [0.2, 0.25) is 0 Å². The summed E-state index contributed by atoms with van der Waals surface area (Å²) in [5.41, 5.74) is 1.28. The van der Waals surface area contributed by atoms with Gasteiger partial charge in [-0.25, -0.2) is 0 Å². The van der Waals surface area contributed by atoms with Gasteiger partial charge in [-0.2, -0.15) is 0 Å². The van der Waals surface area contributed by atoms with E-state index >= 15 is 0 Å². The first-order valence-electron chi connectivity index (χ1n) is 8.58. The minimum Gasteiger partial charge on any atom is -0.497 e. The number of carbonyl (C=O) groups is 1. The first-order chi connectivity index (χ1) is 13.6. The lowest BCUT2D eigenvalue weighted by Gasteiger charge is -2.10. The number of ether oxygens (including phenoxy) is 4. The van der Waals surface area contributed by atoms with E-state index in [-0.39, 0.29) is 12.5 Å². The van der Waals surface area contributed by atoms with Gasteiger partial charge in [0.25, 0.3) is 5.91 Å². The Balaban J connectivity index is 1.90. The van der Waals surface area contributed by atoms with Gasteiger partial charge in [-0.05, 0) is 25.1 Å². The van der Waals surface area contributed by atoms with Crippen molar-refractivity contribution < 1.29 is 28.6 Å². The molecule has 150 valence electrons. The highest BCUT2D eigenvalue weighted by Crippen LogP contribution is 2.27. The zero-order valence-electron chi connectivity index (χ0n) is 16.4. The number of hydrogen-bond acceptors (Lipinski definition) is 7. The maximum atomic E-state index is 12.0. The molecule has 0 aromatic heterocycles. The number of anilines is 1. The van der Waals surface area contributed by atoms with Gasteiger partial charge < -0.3 is 29.1 Å². The molecule has 28 heavy (non-hydrogen) atoms. The average molecular weight is 388 g/mol. The fourth-order valence-corrected chi connectivity index (χ4v) is 2.31. The Morgan fingerprint density at radius 1 is 1.00 bits per heavy atom. The Bertz CT molecular complexity index is 800. The summed E-state index contributed by atoms with van der Waals surface area (Å²) in [4.78, 5) is 17.1. The highest BCUT2D eigenvalue weighted by molar-refractivity contribution is 5.92. The second-order valence-electron chi connectivity index (χ2n) is 5.50. The number of nitrogens with one attached hydrogen (secondary N) is 1. The lowest BCUT2D eigenvalue weighted by molar-refractivity contribution is -0.120. The van der Waals surface area contributed by atoms with Gasteiger partial charge in [-0.3, -0.25) is 4.79 Å². The summed E-state index contributed by atoms with van der Waals surface area (Å²) in [6.45, 7) is 2.20. The fraction of sp³-hybridized carbons (Fsp3) is 0.300. The molecule has 8 heteroatoms. The summed E-state index contributed by atoms with van der Waals surface area (Å²) in [5, 5.41) is 6.51. The summed E-state index contributed by atoms with van der Waals surface area (Å²) in [5.74, 6) is 2.01. The third-order valence-electron chi connectivity index (χ3n) is 3.59. The number of nitrogens with zero attached hydrogens (tertiary/aromatic N) is 1. The maximum absolute atomic E-state index is 12.0. The molecule has 0 spiro atoms. The van der Waals surface area contributed by atoms with Crippen LogP contribution in [0.4, 0.5) is 5.69 Å². The Morgan fingerprint density at radius 3 is 2.32 bits per heavy atom. The molecule has 2 rings (SSSR count). The second-order valence-corrected chi connectivity index (χ2v) is 5.50. The molecule has 0 aliphatic carbocycles. The van der Waals surface area contributed by atoms with E-state index in [1.165, 1.54) is 20.4 Å². The van der Waals surface area contributed by atoms with Crippen molar-refractivity contribution in [3.8, 4) is 23.0 Å². The van der Waals surface area contributed by atoms with E-state index in [0.29, 0.717) is 35.3 Å². The first-order valence-corrected chi connectivity index (χ1v) is 8.58. The molecular formula is C20H24N2O6. The van der Waals surface area contributed by atoms with Gasteiger partial charge in [0.05, 0.1) is 34.2 Å². The van der Waals surface area contributed by atoms with Gasteiger partial charge in [0.2, 0.25) is 0 Å². The van der Waals surface area contributed by atoms with E-state index in [0.717, 1.165) is 5.56 Å². The van der Waals surface area contributed by atoms with E-state index in [1.54, 1.807) is 37.4 Å². The molecular weight excluding hydrogens is 364 g/mol. The molecule has 0 aliphatic heterocycles. The standard InChI is InChI=1S/C20H24N2O6/c1-5-27-18-7-6-14(8-19(18)26-4)12-21-28-13-20(23)22-15-9-16(24-2)11-17(10-15)25-3/h6-12H,5,13H2,1-4H3,(H,22,23)/b21-12+. The predicted molar refractivity (Wildman–Crippen MR) is 106 cm³/mol. The van der Waals surface area contributed by atoms with Crippen LogP contribution >= 0.6 is 0 Å². The molecule has 0 saturated heterocycles. The third kappa shape index (κ3) is 6.08. The van der Waals surface area contributed by atoms with Gasteiger partial charge in [-0.15, -0.1) is 0 Å². The molecule has 0 aliphatic rings. The molecule has 2 aromatic rings. The van der Waals surface area contributed by atoms with Gasteiger partial charge in [0.1, 0.15) is 11.5 Å². The summed E-state index contributed by atoms with van der Waals surface area (Å²) in [6, 6.07) is 10.4. The minimum absolute atomic E-state index is 0.246. The zero-order valence-corrected chi connectivity index (χ0v) is 16.4. The van der Waals surface area contributed by atoms with Crippen molar-refractivity contribution in [2.24, 2.45) is 5.16 Å². The van der Waals surface area contributed by atoms with Crippen molar-refractivity contribution in [2.75, 3.05) is 39.9 Å². The van der Waals surface area contributed by atoms with Crippen LogP contribution in [0, 0.1) is 0 Å². The largest absolute Gasteiger partial charge is 0.497 e. The van der Waals surface area contributed by atoms with E-state index in [1.807, 2.05) is 13.0 Å². The SMILES string of the molecule is CCOc1ccc(/C=N/OCC(=O)Nc2cc(OC)cc(OC)c2)cc1OC. The molecule has 8 nitrogen and oxygen atoms in total. The van der Waals surface area contributed by atoms with Crippen molar-refractivity contribution in [2.45, 2.75) is 6.92 Å². The quantitative estimate of drug-likeness (QED) is 0.497. The minimum atomic E-state index is -0.364. The monoisotopic (exact) mass is 388 g/mol. The lowest BCUT2D eigenvalue weighted by Crippen LogP contribution is -2.17. The molecule has 0 radical (unpaired) electrons. The van der Waals surface area contributed by atoms with E-state index in [4.69, 9.17) is 23.8 Å². The first kappa shape index (κ1) is 20.9. The Kier molecular flexibility index (Phi) is 7.95. The summed E-state index contributed by atoms with van der Waals surface area (Å²) < 4.78 is 21.1. The van der Waals surface area contributed by atoms with Crippen molar-refractivity contribution in [1.29, 1.82) is 0 Å². The number of benzene rings is 2. The smallest absolute Gasteiger partial charge is 0.265 e. The van der Waals surface area contributed by atoms with Gasteiger partial charge >= 0.3 is 0 Å². The topological polar surface area (TPSA) is 87.6 Å². The third-order valence-corrected chi connectivity index (χ3v) is 3.59. The number of amides is 1. The fourth-order valence-electron chi connectivity index (χ4n) is 2.31. The molecule has 0 unspecified atom stereocenters. The summed E-state index contributed by atoms with van der Waals surface area (Å²) in [7, 11) is 4.63. The molecule has 0 fully saturated rings. The molecule has 1 amide bonds. The number of carbonyl (C=O) groups excluding carboxylic acids is 1. The molecule has 0 bridgehead atoms. The molecule has 0 saturated carbocycles. The van der Waals surface area contributed by atoms with Crippen molar-refractivity contribution >= 4 is 17.8 Å². The van der Waals surface area contributed by atoms with E-state index in [2.05, 4.69) is 10.5 Å². The number of rotatable bonds is 10. The Morgan fingerprint density at radius 2 is 1.71 bits per heavy atom. The van der Waals surface area contributed by atoms with Crippen LogP contribution in [0.15, 0.2) is 41.6 Å². The average Bonchev–Trinajstić information content (AvgIpc) is 2.71. The highest BCUT2D eigenvalue weighted by Gasteiger charge is 2.07. The zero-order chi connectivity index (χ0) is 20.4.